The van der Waals surface area contributed by atoms with Crippen molar-refractivity contribution in [1.82, 2.24) is 0 Å². The van der Waals surface area contributed by atoms with E-state index in [2.05, 4.69) is 36.9 Å². The van der Waals surface area contributed by atoms with Crippen LogP contribution in [0.2, 0.25) is 0 Å². The summed E-state index contributed by atoms with van der Waals surface area (Å²) in [6, 6.07) is 6.68. The first-order valence-corrected chi connectivity index (χ1v) is 8.02. The zero-order valence-electron chi connectivity index (χ0n) is 13.3. The summed E-state index contributed by atoms with van der Waals surface area (Å²) in [5.74, 6) is 0.945. The van der Waals surface area contributed by atoms with Crippen molar-refractivity contribution >= 4 is 5.69 Å². The Bertz CT molecular complexity index is 437. The normalized spacial score (nSPS) is 18.8. The minimum Gasteiger partial charge on any atom is -0.491 e. The van der Waals surface area contributed by atoms with Gasteiger partial charge in [0.25, 0.3) is 0 Å². The van der Waals surface area contributed by atoms with E-state index in [1.807, 2.05) is 0 Å². The van der Waals surface area contributed by atoms with Crippen LogP contribution in [0.15, 0.2) is 18.2 Å². The third-order valence-electron chi connectivity index (χ3n) is 3.82. The summed E-state index contributed by atoms with van der Waals surface area (Å²) >= 11 is 0. The van der Waals surface area contributed by atoms with E-state index in [9.17, 15) is 0 Å². The molecular formula is C17H28N2O2. The zero-order chi connectivity index (χ0) is 15.1. The molecule has 1 unspecified atom stereocenters. The van der Waals surface area contributed by atoms with Crippen LogP contribution >= 0.6 is 0 Å². The number of ether oxygens (including phenoxy) is 2. The molecule has 0 bridgehead atoms. The van der Waals surface area contributed by atoms with Crippen molar-refractivity contribution in [3.63, 3.8) is 0 Å². The molecule has 0 spiro atoms. The fourth-order valence-electron chi connectivity index (χ4n) is 2.69. The van der Waals surface area contributed by atoms with Crippen molar-refractivity contribution in [2.75, 3.05) is 37.8 Å². The summed E-state index contributed by atoms with van der Waals surface area (Å²) in [6.07, 6.45) is 3.35. The zero-order valence-corrected chi connectivity index (χ0v) is 13.3. The van der Waals surface area contributed by atoms with Crippen LogP contribution in [0, 0.1) is 6.92 Å². The van der Waals surface area contributed by atoms with Gasteiger partial charge in [-0.15, -0.1) is 0 Å². The van der Waals surface area contributed by atoms with Crippen molar-refractivity contribution in [2.45, 2.75) is 39.2 Å². The van der Waals surface area contributed by atoms with Gasteiger partial charge in [-0.2, -0.15) is 0 Å². The Labute approximate surface area is 128 Å². The predicted octanol–water partition coefficient (Wildman–Crippen LogP) is 2.73. The SMILES string of the molecule is CCCOCCOc1ccc(N2CCCC(N)C2)cc1C. The number of benzene rings is 1. The molecule has 1 atom stereocenters. The van der Waals surface area contributed by atoms with Gasteiger partial charge in [0.15, 0.2) is 0 Å². The molecule has 2 rings (SSSR count). The first-order chi connectivity index (χ1) is 10.2. The molecule has 1 aliphatic rings. The average Bonchev–Trinajstić information content (AvgIpc) is 2.48. The molecule has 1 fully saturated rings. The topological polar surface area (TPSA) is 47.7 Å². The van der Waals surface area contributed by atoms with Gasteiger partial charge in [-0.05, 0) is 49.9 Å². The largest absolute Gasteiger partial charge is 0.491 e. The highest BCUT2D eigenvalue weighted by atomic mass is 16.5. The second-order valence-corrected chi connectivity index (χ2v) is 5.76. The fourth-order valence-corrected chi connectivity index (χ4v) is 2.69. The van der Waals surface area contributed by atoms with Crippen LogP contribution in [-0.4, -0.2) is 39.0 Å². The monoisotopic (exact) mass is 292 g/mol. The second kappa shape index (κ2) is 8.25. The van der Waals surface area contributed by atoms with Gasteiger partial charge >= 0.3 is 0 Å². The Morgan fingerprint density at radius 2 is 2.14 bits per heavy atom. The summed E-state index contributed by atoms with van der Waals surface area (Å²) in [6.45, 7) is 8.30. The van der Waals surface area contributed by atoms with Gasteiger partial charge in [-0.25, -0.2) is 0 Å². The summed E-state index contributed by atoms with van der Waals surface area (Å²) < 4.78 is 11.2. The number of aryl methyl sites for hydroxylation is 1. The molecule has 1 aromatic carbocycles. The first-order valence-electron chi connectivity index (χ1n) is 8.02. The highest BCUT2D eigenvalue weighted by Crippen LogP contribution is 2.26. The Balaban J connectivity index is 1.88. The molecule has 0 aliphatic carbocycles. The Morgan fingerprint density at radius 3 is 2.86 bits per heavy atom. The van der Waals surface area contributed by atoms with Crippen LogP contribution < -0.4 is 15.4 Å². The number of anilines is 1. The van der Waals surface area contributed by atoms with E-state index in [0.29, 0.717) is 19.3 Å². The molecule has 1 saturated heterocycles. The smallest absolute Gasteiger partial charge is 0.122 e. The van der Waals surface area contributed by atoms with E-state index in [1.165, 1.54) is 17.7 Å². The van der Waals surface area contributed by atoms with Crippen LogP contribution in [-0.2, 0) is 4.74 Å². The molecule has 0 saturated carbocycles. The number of hydrogen-bond donors (Lipinski definition) is 1. The highest BCUT2D eigenvalue weighted by Gasteiger charge is 2.17. The van der Waals surface area contributed by atoms with Crippen LogP contribution in [0.4, 0.5) is 5.69 Å². The molecule has 118 valence electrons. The van der Waals surface area contributed by atoms with Crippen molar-refractivity contribution in [3.05, 3.63) is 23.8 Å². The van der Waals surface area contributed by atoms with Crippen molar-refractivity contribution < 1.29 is 9.47 Å². The van der Waals surface area contributed by atoms with E-state index in [0.717, 1.165) is 38.3 Å². The van der Waals surface area contributed by atoms with Gasteiger partial charge in [-0.3, -0.25) is 0 Å². The molecular weight excluding hydrogens is 264 g/mol. The molecule has 2 N–H and O–H groups in total. The van der Waals surface area contributed by atoms with Crippen LogP contribution in [0.5, 0.6) is 5.75 Å². The van der Waals surface area contributed by atoms with E-state index in [1.54, 1.807) is 0 Å². The van der Waals surface area contributed by atoms with Crippen molar-refractivity contribution in [2.24, 2.45) is 5.73 Å². The van der Waals surface area contributed by atoms with E-state index in [4.69, 9.17) is 15.2 Å². The lowest BCUT2D eigenvalue weighted by atomic mass is 10.1. The molecule has 1 heterocycles. The Morgan fingerprint density at radius 1 is 1.29 bits per heavy atom. The Hall–Kier alpha value is -1.26. The van der Waals surface area contributed by atoms with Crippen LogP contribution in [0.3, 0.4) is 0 Å². The maximum Gasteiger partial charge on any atom is 0.122 e. The molecule has 4 heteroatoms. The molecule has 1 aromatic rings. The van der Waals surface area contributed by atoms with Gasteiger partial charge < -0.3 is 20.1 Å². The average molecular weight is 292 g/mol. The summed E-state index contributed by atoms with van der Waals surface area (Å²) in [5, 5.41) is 0. The van der Waals surface area contributed by atoms with Gasteiger partial charge in [0, 0.05) is 31.4 Å². The molecule has 0 amide bonds. The lowest BCUT2D eigenvalue weighted by molar-refractivity contribution is 0.100. The maximum atomic E-state index is 6.06. The number of hydrogen-bond acceptors (Lipinski definition) is 4. The third-order valence-corrected chi connectivity index (χ3v) is 3.82. The third kappa shape index (κ3) is 4.90. The number of nitrogens with two attached hydrogens (primary N) is 1. The predicted molar refractivity (Wildman–Crippen MR) is 87.2 cm³/mol. The van der Waals surface area contributed by atoms with Gasteiger partial charge in [0.1, 0.15) is 12.4 Å². The molecule has 4 nitrogen and oxygen atoms in total. The number of piperidine rings is 1. The summed E-state index contributed by atoms with van der Waals surface area (Å²) in [4.78, 5) is 2.37. The lowest BCUT2D eigenvalue weighted by Gasteiger charge is -2.33. The second-order valence-electron chi connectivity index (χ2n) is 5.76. The Kier molecular flexibility index (Phi) is 6.33. The summed E-state index contributed by atoms with van der Waals surface area (Å²) in [5.41, 5.74) is 8.47. The van der Waals surface area contributed by atoms with Gasteiger partial charge in [0.2, 0.25) is 0 Å². The lowest BCUT2D eigenvalue weighted by Crippen LogP contribution is -2.42. The molecule has 0 radical (unpaired) electrons. The van der Waals surface area contributed by atoms with Crippen LogP contribution in [0.25, 0.3) is 0 Å². The molecule has 21 heavy (non-hydrogen) atoms. The van der Waals surface area contributed by atoms with Crippen molar-refractivity contribution in [1.29, 1.82) is 0 Å². The molecule has 1 aliphatic heterocycles. The van der Waals surface area contributed by atoms with Crippen molar-refractivity contribution in [3.8, 4) is 5.75 Å². The minimum atomic E-state index is 0.297. The van der Waals surface area contributed by atoms with Gasteiger partial charge in [-0.1, -0.05) is 6.92 Å². The van der Waals surface area contributed by atoms with Crippen LogP contribution in [0.1, 0.15) is 31.7 Å². The highest BCUT2D eigenvalue weighted by molar-refractivity contribution is 5.53. The standard InChI is InChI=1S/C17H28N2O2/c1-3-9-20-10-11-21-17-7-6-16(12-14(17)2)19-8-4-5-15(18)13-19/h6-7,12,15H,3-5,8-11,13,18H2,1-2H3. The van der Waals surface area contributed by atoms with Gasteiger partial charge in [0.05, 0.1) is 6.61 Å². The van der Waals surface area contributed by atoms with E-state index in [-0.39, 0.29) is 0 Å². The quantitative estimate of drug-likeness (QED) is 0.785. The van der Waals surface area contributed by atoms with E-state index < -0.39 is 0 Å². The molecule has 0 aromatic heterocycles. The first kappa shape index (κ1) is 16.1. The minimum absolute atomic E-state index is 0.297. The summed E-state index contributed by atoms with van der Waals surface area (Å²) in [7, 11) is 0. The maximum absolute atomic E-state index is 6.06. The van der Waals surface area contributed by atoms with E-state index >= 15 is 0 Å². The number of rotatable bonds is 7. The number of nitrogens with zero attached hydrogens (tertiary/aromatic N) is 1. The fraction of sp³-hybridized carbons (Fsp3) is 0.647.